The number of rotatable bonds is 2. The van der Waals surface area contributed by atoms with Crippen molar-refractivity contribution >= 4 is 28.6 Å². The molecule has 1 atom stereocenters. The van der Waals surface area contributed by atoms with Gasteiger partial charge in [-0.25, -0.2) is 0 Å². The minimum absolute atomic E-state index is 0.0545. The van der Waals surface area contributed by atoms with Crippen LogP contribution >= 0.6 is 0 Å². The van der Waals surface area contributed by atoms with Gasteiger partial charge in [0, 0.05) is 28.8 Å². The molecule has 2 aliphatic heterocycles. The zero-order valence-corrected chi connectivity index (χ0v) is 15.8. The number of nitro benzene ring substituents is 1. The van der Waals surface area contributed by atoms with E-state index in [2.05, 4.69) is 12.1 Å². The van der Waals surface area contributed by atoms with Gasteiger partial charge in [-0.1, -0.05) is 30.3 Å². The molecule has 0 saturated heterocycles. The zero-order chi connectivity index (χ0) is 20.2. The number of nitrogens with zero attached hydrogens (tertiary/aromatic N) is 1. The molecule has 6 nitrogen and oxygen atoms in total. The highest BCUT2D eigenvalue weighted by Gasteiger charge is 2.42. The Morgan fingerprint density at radius 3 is 2.72 bits per heavy atom. The van der Waals surface area contributed by atoms with Crippen LogP contribution in [0.2, 0.25) is 0 Å². The molecule has 5 rings (SSSR count). The second kappa shape index (κ2) is 6.10. The van der Waals surface area contributed by atoms with Crippen LogP contribution in [0, 0.1) is 10.1 Å². The largest absolute Gasteiger partial charge is 0.493 e. The maximum absolute atomic E-state index is 11.2. The summed E-state index contributed by atoms with van der Waals surface area (Å²) in [4.78, 5) is 10.8. The Morgan fingerprint density at radius 1 is 1.10 bits per heavy atom. The van der Waals surface area contributed by atoms with Crippen molar-refractivity contribution in [2.24, 2.45) is 0 Å². The molecule has 0 unspecified atom stereocenters. The van der Waals surface area contributed by atoms with Crippen LogP contribution in [-0.2, 0) is 0 Å². The summed E-state index contributed by atoms with van der Waals surface area (Å²) in [5, 5.41) is 13.5. The van der Waals surface area contributed by atoms with Crippen molar-refractivity contribution in [3.05, 3.63) is 81.4 Å². The molecule has 3 aromatic carbocycles. The fraction of sp³-hybridized carbons (Fsp3) is 0.130. The minimum Gasteiger partial charge on any atom is -0.493 e. The fourth-order valence-electron chi connectivity index (χ4n) is 3.84. The first-order valence-corrected chi connectivity index (χ1v) is 9.15. The average Bonchev–Trinajstić information content (AvgIpc) is 2.73. The molecule has 1 spiro atoms. The molecule has 2 aliphatic rings. The third-order valence-electron chi connectivity index (χ3n) is 5.34. The Balaban J connectivity index is 1.63. The summed E-state index contributed by atoms with van der Waals surface area (Å²) in [6.45, 7) is 1.88. The van der Waals surface area contributed by atoms with Gasteiger partial charge in [0.05, 0.1) is 18.1 Å². The number of hydrogen-bond acceptors (Lipinski definition) is 5. The number of non-ortho nitro benzene ring substituents is 1. The van der Waals surface area contributed by atoms with Gasteiger partial charge >= 0.3 is 0 Å². The number of methoxy groups -OCH3 is 1. The Bertz CT molecular complexity index is 1240. The van der Waals surface area contributed by atoms with E-state index in [0.29, 0.717) is 22.8 Å². The molecule has 2 heterocycles. The van der Waals surface area contributed by atoms with Crippen LogP contribution in [0.3, 0.4) is 0 Å². The molecule has 144 valence electrons. The lowest BCUT2D eigenvalue weighted by Gasteiger charge is -2.39. The van der Waals surface area contributed by atoms with Gasteiger partial charge in [-0.05, 0) is 35.9 Å². The second-order valence-electron chi connectivity index (χ2n) is 7.05. The summed E-state index contributed by atoms with van der Waals surface area (Å²) in [5.74, 6) is 0.283. The van der Waals surface area contributed by atoms with E-state index >= 15 is 0 Å². The highest BCUT2D eigenvalue weighted by atomic mass is 16.7. The highest BCUT2D eigenvalue weighted by molar-refractivity contribution is 5.94. The van der Waals surface area contributed by atoms with Crippen LogP contribution in [0.4, 0.5) is 5.69 Å². The van der Waals surface area contributed by atoms with Crippen molar-refractivity contribution in [1.29, 1.82) is 0 Å². The van der Waals surface area contributed by atoms with E-state index in [0.717, 1.165) is 21.9 Å². The summed E-state index contributed by atoms with van der Waals surface area (Å²) in [5.41, 5.74) is 2.30. The predicted octanol–water partition coefficient (Wildman–Crippen LogP) is 5.35. The molecule has 0 aromatic heterocycles. The second-order valence-corrected chi connectivity index (χ2v) is 7.05. The predicted molar refractivity (Wildman–Crippen MR) is 110 cm³/mol. The zero-order valence-electron chi connectivity index (χ0n) is 15.8. The van der Waals surface area contributed by atoms with Crippen LogP contribution in [0.25, 0.3) is 22.9 Å². The first kappa shape index (κ1) is 17.3. The number of nitro groups is 1. The standard InChI is InChI=1S/C23H17NO5/c1-14-11-16-12-17(24(25)26)13-21(27-2)22(16)29-23(14)10-9-19-18-6-4-3-5-15(18)7-8-20(19)28-23/h3-13H,1-2H3/t23-/m0/s1. The van der Waals surface area contributed by atoms with Crippen LogP contribution in [-0.4, -0.2) is 17.8 Å². The van der Waals surface area contributed by atoms with Crippen LogP contribution < -0.4 is 14.2 Å². The smallest absolute Gasteiger partial charge is 0.294 e. The molecule has 0 saturated carbocycles. The first-order valence-electron chi connectivity index (χ1n) is 9.15. The Morgan fingerprint density at radius 2 is 1.93 bits per heavy atom. The minimum atomic E-state index is -1.13. The molecule has 0 N–H and O–H groups in total. The Kier molecular flexibility index (Phi) is 3.64. The maximum atomic E-state index is 11.2. The van der Waals surface area contributed by atoms with Crippen molar-refractivity contribution in [3.63, 3.8) is 0 Å². The quantitative estimate of drug-likeness (QED) is 0.438. The van der Waals surface area contributed by atoms with E-state index in [4.69, 9.17) is 14.2 Å². The molecule has 29 heavy (non-hydrogen) atoms. The van der Waals surface area contributed by atoms with E-state index < -0.39 is 10.7 Å². The summed E-state index contributed by atoms with van der Waals surface area (Å²) >= 11 is 0. The van der Waals surface area contributed by atoms with Gasteiger partial charge in [-0.3, -0.25) is 10.1 Å². The number of ether oxygens (including phenoxy) is 3. The van der Waals surface area contributed by atoms with Crippen molar-refractivity contribution < 1.29 is 19.1 Å². The molecule has 0 amide bonds. The van der Waals surface area contributed by atoms with Crippen molar-refractivity contribution in [2.45, 2.75) is 12.7 Å². The molecule has 3 aromatic rings. The van der Waals surface area contributed by atoms with Gasteiger partial charge < -0.3 is 14.2 Å². The number of hydrogen-bond donors (Lipinski definition) is 0. The average molecular weight is 387 g/mol. The van der Waals surface area contributed by atoms with Crippen LogP contribution in [0.5, 0.6) is 17.2 Å². The SMILES string of the molecule is COc1cc([N+](=O)[O-])cc2c1O[C@@]1(C=Cc3c(ccc4ccccc34)O1)C(C)=C2. The Hall–Kier alpha value is -3.80. The van der Waals surface area contributed by atoms with E-state index in [1.807, 2.05) is 49.4 Å². The van der Waals surface area contributed by atoms with Gasteiger partial charge in [-0.2, -0.15) is 0 Å². The van der Waals surface area contributed by atoms with E-state index in [1.165, 1.54) is 19.2 Å². The third-order valence-corrected chi connectivity index (χ3v) is 5.34. The molecule has 6 heteroatoms. The Labute approximate surface area is 166 Å². The van der Waals surface area contributed by atoms with Crippen molar-refractivity contribution in [1.82, 2.24) is 0 Å². The molecule has 0 fully saturated rings. The van der Waals surface area contributed by atoms with Gasteiger partial charge in [0.1, 0.15) is 5.75 Å². The normalized spacial score (nSPS) is 19.0. The fourth-order valence-corrected chi connectivity index (χ4v) is 3.84. The summed E-state index contributed by atoms with van der Waals surface area (Å²) in [6.07, 6.45) is 5.71. The molecule has 0 radical (unpaired) electrons. The topological polar surface area (TPSA) is 70.8 Å². The lowest BCUT2D eigenvalue weighted by molar-refractivity contribution is -0.385. The van der Waals surface area contributed by atoms with Crippen molar-refractivity contribution in [3.8, 4) is 17.2 Å². The maximum Gasteiger partial charge on any atom is 0.294 e. The molecule has 0 bridgehead atoms. The van der Waals surface area contributed by atoms with Gasteiger partial charge in [-0.15, -0.1) is 0 Å². The summed E-state index contributed by atoms with van der Waals surface area (Å²) in [6, 6.07) is 14.9. The van der Waals surface area contributed by atoms with E-state index in [1.54, 1.807) is 0 Å². The van der Waals surface area contributed by atoms with Crippen molar-refractivity contribution in [2.75, 3.05) is 7.11 Å². The lowest BCUT2D eigenvalue weighted by atomic mass is 9.94. The third kappa shape index (κ3) is 2.56. The molecular formula is C23H17NO5. The highest BCUT2D eigenvalue weighted by Crippen LogP contribution is 2.47. The van der Waals surface area contributed by atoms with Gasteiger partial charge in [0.15, 0.2) is 11.5 Å². The van der Waals surface area contributed by atoms with E-state index in [9.17, 15) is 10.1 Å². The number of fused-ring (bicyclic) bond motifs is 4. The first-order chi connectivity index (χ1) is 14.0. The number of benzene rings is 3. The van der Waals surface area contributed by atoms with Crippen LogP contribution in [0.15, 0.2) is 60.2 Å². The van der Waals surface area contributed by atoms with E-state index in [-0.39, 0.29) is 5.69 Å². The van der Waals surface area contributed by atoms with Crippen LogP contribution in [0.1, 0.15) is 18.1 Å². The van der Waals surface area contributed by atoms with Gasteiger partial charge in [0.25, 0.3) is 11.5 Å². The monoisotopic (exact) mass is 387 g/mol. The summed E-state index contributed by atoms with van der Waals surface area (Å²) < 4.78 is 18.0. The lowest BCUT2D eigenvalue weighted by Crippen LogP contribution is -2.44. The molecular weight excluding hydrogens is 370 g/mol. The molecule has 0 aliphatic carbocycles. The summed E-state index contributed by atoms with van der Waals surface area (Å²) in [7, 11) is 1.46. The van der Waals surface area contributed by atoms with Gasteiger partial charge in [0.2, 0.25) is 0 Å².